The molecule has 0 aliphatic rings. The minimum absolute atomic E-state index is 0.150. The summed E-state index contributed by atoms with van der Waals surface area (Å²) in [6.45, 7) is 3.86. The Bertz CT molecular complexity index is 627. The fourth-order valence-electron chi connectivity index (χ4n) is 1.99. The van der Waals surface area contributed by atoms with Crippen LogP contribution in [0.25, 0.3) is 5.69 Å². The zero-order valence-electron chi connectivity index (χ0n) is 11.2. The normalized spacial score (nSPS) is 12.7. The molecule has 2 rings (SSSR count). The monoisotopic (exact) mass is 344 g/mol. The molecule has 0 saturated carbocycles. The molecule has 0 radical (unpaired) electrons. The average molecular weight is 345 g/mol. The third-order valence-corrected chi connectivity index (χ3v) is 3.74. The molecule has 1 atom stereocenters. The van der Waals surface area contributed by atoms with E-state index >= 15 is 0 Å². The van der Waals surface area contributed by atoms with Gasteiger partial charge in [0.15, 0.2) is 5.82 Å². The van der Waals surface area contributed by atoms with E-state index in [0.717, 1.165) is 11.8 Å². The highest BCUT2D eigenvalue weighted by Gasteiger charge is 2.20. The first kappa shape index (κ1) is 15.1. The van der Waals surface area contributed by atoms with E-state index in [-0.39, 0.29) is 16.2 Å². The zero-order valence-corrected chi connectivity index (χ0v) is 12.8. The Morgan fingerprint density at radius 1 is 1.30 bits per heavy atom. The van der Waals surface area contributed by atoms with E-state index in [0.29, 0.717) is 18.5 Å². The van der Waals surface area contributed by atoms with E-state index in [1.807, 2.05) is 13.8 Å². The molecule has 1 aromatic carbocycles. The van der Waals surface area contributed by atoms with Gasteiger partial charge in [0.25, 0.3) is 0 Å². The minimum Gasteiger partial charge on any atom is -0.323 e. The van der Waals surface area contributed by atoms with Crippen LogP contribution in [0.4, 0.5) is 8.78 Å². The van der Waals surface area contributed by atoms with Crippen molar-refractivity contribution in [2.24, 2.45) is 5.73 Å². The molecule has 1 unspecified atom stereocenters. The summed E-state index contributed by atoms with van der Waals surface area (Å²) < 4.78 is 28.8. The molecule has 2 N–H and O–H groups in total. The molecule has 0 aliphatic heterocycles. The summed E-state index contributed by atoms with van der Waals surface area (Å²) >= 11 is 3.05. The fraction of sp³-hybridized carbons (Fsp3) is 0.385. The first-order valence-electron chi connectivity index (χ1n) is 6.34. The number of hydrogen-bond donors (Lipinski definition) is 1. The molecule has 0 aliphatic carbocycles. The second-order valence-electron chi connectivity index (χ2n) is 4.42. The van der Waals surface area contributed by atoms with Crippen LogP contribution in [0.3, 0.4) is 0 Å². The Morgan fingerprint density at radius 2 is 2.00 bits per heavy atom. The van der Waals surface area contributed by atoms with Gasteiger partial charge in [-0.2, -0.15) is 0 Å². The molecule has 0 bridgehead atoms. The summed E-state index contributed by atoms with van der Waals surface area (Å²) in [6.07, 6.45) is 1.31. The Hall–Kier alpha value is -1.34. The smallest absolute Gasteiger partial charge is 0.151 e. The predicted octanol–water partition coefficient (Wildman–Crippen LogP) is 3.28. The minimum atomic E-state index is -0.693. The molecule has 1 heterocycles. The van der Waals surface area contributed by atoms with Gasteiger partial charge in [0, 0.05) is 6.07 Å². The van der Waals surface area contributed by atoms with Crippen molar-refractivity contribution in [3.8, 4) is 5.69 Å². The van der Waals surface area contributed by atoms with Gasteiger partial charge in [-0.3, -0.25) is 0 Å². The van der Waals surface area contributed by atoms with Gasteiger partial charge in [0.05, 0.1) is 16.2 Å². The summed E-state index contributed by atoms with van der Waals surface area (Å²) in [5, 5.41) is 8.00. The van der Waals surface area contributed by atoms with Crippen molar-refractivity contribution in [1.29, 1.82) is 0 Å². The van der Waals surface area contributed by atoms with E-state index in [2.05, 4.69) is 26.2 Å². The Labute approximate surface area is 124 Å². The van der Waals surface area contributed by atoms with E-state index in [9.17, 15) is 8.78 Å². The quantitative estimate of drug-likeness (QED) is 0.866. The highest BCUT2D eigenvalue weighted by molar-refractivity contribution is 9.10. The number of hydrogen-bond acceptors (Lipinski definition) is 3. The zero-order chi connectivity index (χ0) is 14.9. The second-order valence-corrected chi connectivity index (χ2v) is 5.27. The van der Waals surface area contributed by atoms with Gasteiger partial charge in [-0.25, -0.2) is 13.5 Å². The molecular formula is C13H15BrF2N4. The molecule has 0 saturated heterocycles. The van der Waals surface area contributed by atoms with E-state index in [1.54, 1.807) is 0 Å². The highest BCUT2D eigenvalue weighted by atomic mass is 79.9. The molecule has 108 valence electrons. The van der Waals surface area contributed by atoms with Gasteiger partial charge >= 0.3 is 0 Å². The number of halogens is 3. The third-order valence-electron chi connectivity index (χ3n) is 3.14. The predicted molar refractivity (Wildman–Crippen MR) is 75.6 cm³/mol. The summed E-state index contributed by atoms with van der Waals surface area (Å²) in [7, 11) is 0. The third kappa shape index (κ3) is 2.60. The first-order chi connectivity index (χ1) is 9.49. The van der Waals surface area contributed by atoms with E-state index in [4.69, 9.17) is 5.73 Å². The lowest BCUT2D eigenvalue weighted by Gasteiger charge is -2.10. The summed E-state index contributed by atoms with van der Waals surface area (Å²) in [5.41, 5.74) is 7.51. The van der Waals surface area contributed by atoms with Crippen molar-refractivity contribution in [2.45, 2.75) is 32.7 Å². The molecule has 7 heteroatoms. The summed E-state index contributed by atoms with van der Waals surface area (Å²) in [5.74, 6) is -1.35. The molecule has 0 spiro atoms. The maximum Gasteiger partial charge on any atom is 0.151 e. The first-order valence-corrected chi connectivity index (χ1v) is 7.13. The number of rotatable bonds is 4. The molecule has 2 aromatic rings. The highest BCUT2D eigenvalue weighted by Crippen LogP contribution is 2.25. The molecular weight excluding hydrogens is 330 g/mol. The number of aromatic nitrogens is 3. The standard InChI is InChI=1S/C13H15BrF2N4/c1-3-10(17)13-11(4-2)20(19-18-13)12-5-7(14)8(15)6-9(12)16/h5-6,10H,3-4,17H2,1-2H3. The lowest BCUT2D eigenvalue weighted by atomic mass is 10.1. The van der Waals surface area contributed by atoms with Gasteiger partial charge in [0.1, 0.15) is 17.2 Å². The fourth-order valence-corrected chi connectivity index (χ4v) is 2.32. The number of nitrogens with two attached hydrogens (primary N) is 1. The molecule has 1 aromatic heterocycles. The van der Waals surface area contributed by atoms with Crippen LogP contribution in [0, 0.1) is 11.6 Å². The lowest BCUT2D eigenvalue weighted by molar-refractivity contribution is 0.565. The van der Waals surface area contributed by atoms with Crippen LogP contribution >= 0.6 is 15.9 Å². The maximum absolute atomic E-state index is 13.9. The van der Waals surface area contributed by atoms with Crippen LogP contribution in [0.2, 0.25) is 0 Å². The van der Waals surface area contributed by atoms with Crippen LogP contribution < -0.4 is 5.73 Å². The Balaban J connectivity index is 2.59. The topological polar surface area (TPSA) is 56.7 Å². The molecule has 20 heavy (non-hydrogen) atoms. The largest absolute Gasteiger partial charge is 0.323 e. The second kappa shape index (κ2) is 5.97. The SMILES string of the molecule is CCc1c(C(N)CC)nnn1-c1cc(Br)c(F)cc1F. The van der Waals surface area contributed by atoms with E-state index in [1.165, 1.54) is 10.7 Å². The van der Waals surface area contributed by atoms with Crippen molar-refractivity contribution in [3.05, 3.63) is 39.6 Å². The number of benzene rings is 1. The van der Waals surface area contributed by atoms with Crippen molar-refractivity contribution in [1.82, 2.24) is 15.0 Å². The number of nitrogens with zero attached hydrogens (tertiary/aromatic N) is 3. The van der Waals surface area contributed by atoms with Crippen LogP contribution in [-0.2, 0) is 6.42 Å². The van der Waals surface area contributed by atoms with Crippen LogP contribution in [0.5, 0.6) is 0 Å². The molecule has 0 fully saturated rings. The lowest BCUT2D eigenvalue weighted by Crippen LogP contribution is -2.13. The van der Waals surface area contributed by atoms with Crippen LogP contribution in [0.15, 0.2) is 16.6 Å². The van der Waals surface area contributed by atoms with Crippen molar-refractivity contribution >= 4 is 15.9 Å². The van der Waals surface area contributed by atoms with E-state index < -0.39 is 11.6 Å². The Kier molecular flexibility index (Phi) is 4.49. The van der Waals surface area contributed by atoms with Gasteiger partial charge < -0.3 is 5.73 Å². The maximum atomic E-state index is 13.9. The summed E-state index contributed by atoms with van der Waals surface area (Å²) in [4.78, 5) is 0. The molecule has 0 amide bonds. The van der Waals surface area contributed by atoms with Crippen molar-refractivity contribution in [2.75, 3.05) is 0 Å². The molecule has 4 nitrogen and oxygen atoms in total. The summed E-state index contributed by atoms with van der Waals surface area (Å²) in [6, 6.07) is 1.92. The van der Waals surface area contributed by atoms with Gasteiger partial charge in [0.2, 0.25) is 0 Å². The van der Waals surface area contributed by atoms with Crippen molar-refractivity contribution < 1.29 is 8.78 Å². The average Bonchev–Trinajstić information content (AvgIpc) is 2.85. The van der Waals surface area contributed by atoms with Crippen LogP contribution in [0.1, 0.15) is 37.7 Å². The van der Waals surface area contributed by atoms with Crippen LogP contribution in [-0.4, -0.2) is 15.0 Å². The van der Waals surface area contributed by atoms with Gasteiger partial charge in [-0.15, -0.1) is 5.10 Å². The van der Waals surface area contributed by atoms with Gasteiger partial charge in [-0.05, 0) is 34.8 Å². The Morgan fingerprint density at radius 3 is 2.60 bits per heavy atom. The van der Waals surface area contributed by atoms with Gasteiger partial charge in [-0.1, -0.05) is 19.1 Å². The van der Waals surface area contributed by atoms with Crippen molar-refractivity contribution in [3.63, 3.8) is 0 Å².